The second-order valence-corrected chi connectivity index (χ2v) is 3.87. The molecular formula is C10H20. The molecule has 0 bridgehead atoms. The standard InChI is InChI=1S/C10H20/c1-5-9(6-2)10-7(3)8(10)4/h7-10H,5-6H2,1-4H3. The summed E-state index contributed by atoms with van der Waals surface area (Å²) in [6.07, 6.45) is 2.77. The van der Waals surface area contributed by atoms with Crippen LogP contribution in [0.1, 0.15) is 40.5 Å². The van der Waals surface area contributed by atoms with Crippen molar-refractivity contribution >= 4 is 0 Å². The first-order valence-corrected chi connectivity index (χ1v) is 4.72. The second kappa shape index (κ2) is 2.94. The van der Waals surface area contributed by atoms with Crippen molar-refractivity contribution in [3.05, 3.63) is 0 Å². The Bertz CT molecular complexity index is 94.6. The molecule has 2 unspecified atom stereocenters. The summed E-state index contributed by atoms with van der Waals surface area (Å²) in [5.74, 6) is 4.12. The maximum Gasteiger partial charge on any atom is -0.0329 e. The highest BCUT2D eigenvalue weighted by Crippen LogP contribution is 2.52. The van der Waals surface area contributed by atoms with E-state index in [0.717, 1.165) is 23.7 Å². The third-order valence-corrected chi connectivity index (χ3v) is 3.50. The molecule has 1 saturated carbocycles. The molecule has 0 heterocycles. The van der Waals surface area contributed by atoms with Crippen LogP contribution in [0.25, 0.3) is 0 Å². The third kappa shape index (κ3) is 1.21. The first kappa shape index (κ1) is 8.10. The Hall–Kier alpha value is 0. The van der Waals surface area contributed by atoms with Gasteiger partial charge < -0.3 is 0 Å². The zero-order chi connectivity index (χ0) is 7.72. The maximum atomic E-state index is 2.40. The van der Waals surface area contributed by atoms with Crippen LogP contribution in [-0.2, 0) is 0 Å². The highest BCUT2D eigenvalue weighted by molar-refractivity contribution is 4.94. The Morgan fingerprint density at radius 1 is 1.00 bits per heavy atom. The lowest BCUT2D eigenvalue weighted by molar-refractivity contribution is 0.403. The van der Waals surface area contributed by atoms with Gasteiger partial charge in [0.15, 0.2) is 0 Å². The molecule has 1 fully saturated rings. The van der Waals surface area contributed by atoms with Crippen molar-refractivity contribution in [3.8, 4) is 0 Å². The summed E-state index contributed by atoms with van der Waals surface area (Å²) in [5, 5.41) is 0. The van der Waals surface area contributed by atoms with Crippen LogP contribution in [0.5, 0.6) is 0 Å². The molecule has 0 aliphatic heterocycles. The average molecular weight is 140 g/mol. The zero-order valence-electron chi connectivity index (χ0n) is 7.72. The lowest BCUT2D eigenvalue weighted by Crippen LogP contribution is -2.01. The predicted octanol–water partition coefficient (Wildman–Crippen LogP) is 3.32. The molecule has 2 atom stereocenters. The van der Waals surface area contributed by atoms with Gasteiger partial charge in [0.05, 0.1) is 0 Å². The van der Waals surface area contributed by atoms with Gasteiger partial charge in [0.1, 0.15) is 0 Å². The van der Waals surface area contributed by atoms with Gasteiger partial charge in [-0.1, -0.05) is 40.5 Å². The van der Waals surface area contributed by atoms with Crippen LogP contribution in [0.2, 0.25) is 0 Å². The molecule has 60 valence electrons. The molecule has 1 aliphatic carbocycles. The zero-order valence-corrected chi connectivity index (χ0v) is 7.72. The summed E-state index contributed by atoms with van der Waals surface area (Å²) in [4.78, 5) is 0. The lowest BCUT2D eigenvalue weighted by atomic mass is 9.96. The van der Waals surface area contributed by atoms with Gasteiger partial charge in [0.25, 0.3) is 0 Å². The Balaban J connectivity index is 2.35. The molecule has 10 heavy (non-hydrogen) atoms. The van der Waals surface area contributed by atoms with Crippen LogP contribution in [0.3, 0.4) is 0 Å². The number of hydrogen-bond donors (Lipinski definition) is 0. The van der Waals surface area contributed by atoms with Gasteiger partial charge in [-0.2, -0.15) is 0 Å². The minimum atomic E-state index is 1.02. The van der Waals surface area contributed by atoms with Gasteiger partial charge in [-0.25, -0.2) is 0 Å². The van der Waals surface area contributed by atoms with Crippen LogP contribution in [0.4, 0.5) is 0 Å². The fourth-order valence-electron chi connectivity index (χ4n) is 2.39. The van der Waals surface area contributed by atoms with Gasteiger partial charge in [-0.05, 0) is 23.7 Å². The third-order valence-electron chi connectivity index (χ3n) is 3.50. The monoisotopic (exact) mass is 140 g/mol. The molecular weight excluding hydrogens is 120 g/mol. The van der Waals surface area contributed by atoms with Crippen LogP contribution in [-0.4, -0.2) is 0 Å². The van der Waals surface area contributed by atoms with Crippen molar-refractivity contribution in [2.24, 2.45) is 23.7 Å². The van der Waals surface area contributed by atoms with E-state index in [1.807, 2.05) is 0 Å². The highest BCUT2D eigenvalue weighted by Gasteiger charge is 2.45. The summed E-state index contributed by atoms with van der Waals surface area (Å²) < 4.78 is 0. The predicted molar refractivity (Wildman–Crippen MR) is 45.9 cm³/mol. The van der Waals surface area contributed by atoms with E-state index in [1.54, 1.807) is 0 Å². The molecule has 1 rings (SSSR count). The molecule has 0 aromatic carbocycles. The van der Waals surface area contributed by atoms with Crippen molar-refractivity contribution in [3.63, 3.8) is 0 Å². The van der Waals surface area contributed by atoms with Gasteiger partial charge in [0, 0.05) is 0 Å². The van der Waals surface area contributed by atoms with Crippen molar-refractivity contribution in [1.29, 1.82) is 0 Å². The average Bonchev–Trinajstić information content (AvgIpc) is 2.49. The smallest absolute Gasteiger partial charge is 0.0329 e. The summed E-state index contributed by atoms with van der Waals surface area (Å²) in [7, 11) is 0. The van der Waals surface area contributed by atoms with Gasteiger partial charge in [-0.3, -0.25) is 0 Å². The van der Waals surface area contributed by atoms with E-state index in [0.29, 0.717) is 0 Å². The minimum Gasteiger partial charge on any atom is -0.0651 e. The molecule has 0 radical (unpaired) electrons. The van der Waals surface area contributed by atoms with E-state index < -0.39 is 0 Å². The summed E-state index contributed by atoms with van der Waals surface area (Å²) in [6, 6.07) is 0. The number of hydrogen-bond acceptors (Lipinski definition) is 0. The molecule has 1 aliphatic rings. The fraction of sp³-hybridized carbons (Fsp3) is 1.00. The SMILES string of the molecule is CCC(CC)C1C(C)C1C. The van der Waals surface area contributed by atoms with Gasteiger partial charge >= 0.3 is 0 Å². The molecule has 0 aromatic rings. The maximum absolute atomic E-state index is 2.40. The first-order valence-electron chi connectivity index (χ1n) is 4.72. The second-order valence-electron chi connectivity index (χ2n) is 3.87. The fourth-order valence-corrected chi connectivity index (χ4v) is 2.39. The largest absolute Gasteiger partial charge is 0.0651 e. The van der Waals surface area contributed by atoms with E-state index in [9.17, 15) is 0 Å². The van der Waals surface area contributed by atoms with Crippen LogP contribution >= 0.6 is 0 Å². The quantitative estimate of drug-likeness (QED) is 0.564. The summed E-state index contributed by atoms with van der Waals surface area (Å²) in [6.45, 7) is 9.44. The molecule has 0 nitrogen and oxygen atoms in total. The van der Waals surface area contributed by atoms with Crippen LogP contribution in [0, 0.1) is 23.7 Å². The van der Waals surface area contributed by atoms with E-state index in [4.69, 9.17) is 0 Å². The van der Waals surface area contributed by atoms with E-state index >= 15 is 0 Å². The van der Waals surface area contributed by atoms with Crippen LogP contribution in [0.15, 0.2) is 0 Å². The van der Waals surface area contributed by atoms with Crippen molar-refractivity contribution < 1.29 is 0 Å². The van der Waals surface area contributed by atoms with E-state index in [2.05, 4.69) is 27.7 Å². The topological polar surface area (TPSA) is 0 Å². The lowest BCUT2D eigenvalue weighted by Gasteiger charge is -2.10. The minimum absolute atomic E-state index is 1.02. The Morgan fingerprint density at radius 3 is 1.50 bits per heavy atom. The first-order chi connectivity index (χ1) is 4.72. The molecule has 0 spiro atoms. The molecule has 0 heteroatoms. The number of rotatable bonds is 3. The van der Waals surface area contributed by atoms with Gasteiger partial charge in [-0.15, -0.1) is 0 Å². The summed E-state index contributed by atoms with van der Waals surface area (Å²) >= 11 is 0. The van der Waals surface area contributed by atoms with E-state index in [1.165, 1.54) is 12.8 Å². The normalized spacial score (nSPS) is 38.7. The Kier molecular flexibility index (Phi) is 2.38. The van der Waals surface area contributed by atoms with Crippen molar-refractivity contribution in [1.82, 2.24) is 0 Å². The molecule has 0 saturated heterocycles. The van der Waals surface area contributed by atoms with Gasteiger partial charge in [0.2, 0.25) is 0 Å². The molecule has 0 aromatic heterocycles. The Morgan fingerprint density at radius 2 is 1.40 bits per heavy atom. The Labute approximate surface area is 65.0 Å². The van der Waals surface area contributed by atoms with E-state index in [-0.39, 0.29) is 0 Å². The van der Waals surface area contributed by atoms with Crippen LogP contribution < -0.4 is 0 Å². The molecule has 0 amide bonds. The summed E-state index contributed by atoms with van der Waals surface area (Å²) in [5.41, 5.74) is 0. The molecule has 0 N–H and O–H groups in total. The highest BCUT2D eigenvalue weighted by atomic mass is 14.5. The van der Waals surface area contributed by atoms with Crippen molar-refractivity contribution in [2.75, 3.05) is 0 Å². The van der Waals surface area contributed by atoms with Crippen molar-refractivity contribution in [2.45, 2.75) is 40.5 Å².